The van der Waals surface area contributed by atoms with Crippen LogP contribution >= 0.6 is 0 Å². The van der Waals surface area contributed by atoms with Gasteiger partial charge in [-0.05, 0) is 13.3 Å². The van der Waals surface area contributed by atoms with Crippen LogP contribution in [0.15, 0.2) is 66.7 Å². The number of ether oxygens (including phenoxy) is 1. The molecule has 0 amide bonds. The minimum absolute atomic E-state index is 0.182. The Morgan fingerprint density at radius 2 is 1.33 bits per heavy atom. The third kappa shape index (κ3) is 15.9. The van der Waals surface area contributed by atoms with Crippen LogP contribution in [0.4, 0.5) is 0 Å². The second kappa shape index (κ2) is 14.3. The van der Waals surface area contributed by atoms with E-state index in [0.29, 0.717) is 6.61 Å². The molecular weight excluding hydrogens is 260 g/mol. The molecule has 2 rings (SSSR count). The van der Waals surface area contributed by atoms with Crippen molar-refractivity contribution in [3.05, 3.63) is 72.3 Å². The monoisotopic (exact) mass is 286 g/mol. The van der Waals surface area contributed by atoms with Gasteiger partial charge in [0.1, 0.15) is 0 Å². The first-order chi connectivity index (χ1) is 10.2. The molecule has 0 spiro atoms. The van der Waals surface area contributed by atoms with E-state index in [0.717, 1.165) is 12.8 Å². The maximum absolute atomic E-state index is 10.1. The number of carbonyl (C=O) groups is 1. The summed E-state index contributed by atoms with van der Waals surface area (Å²) in [5.41, 5.74) is 1.32. The maximum Gasteiger partial charge on any atom is 0.302 e. The summed E-state index contributed by atoms with van der Waals surface area (Å²) in [7, 11) is 0. The van der Waals surface area contributed by atoms with Crippen molar-refractivity contribution >= 4 is 5.97 Å². The Morgan fingerprint density at radius 3 is 1.62 bits per heavy atom. The highest BCUT2D eigenvalue weighted by Crippen LogP contribution is 1.92. The minimum Gasteiger partial charge on any atom is -0.466 e. The van der Waals surface area contributed by atoms with Gasteiger partial charge >= 0.3 is 5.97 Å². The fourth-order valence-corrected chi connectivity index (χ4v) is 1.28. The molecule has 0 bridgehead atoms. The van der Waals surface area contributed by atoms with Gasteiger partial charge in [-0.2, -0.15) is 0 Å². The third-order valence-electron chi connectivity index (χ3n) is 2.41. The summed E-state index contributed by atoms with van der Waals surface area (Å²) in [6, 6.07) is 22.3. The lowest BCUT2D eigenvalue weighted by atomic mass is 10.2. The molecule has 0 radical (unpaired) electrons. The number of hydrogen-bond acceptors (Lipinski definition) is 2. The average Bonchev–Trinajstić information content (AvgIpc) is 2.51. The summed E-state index contributed by atoms with van der Waals surface area (Å²) < 4.78 is 4.64. The van der Waals surface area contributed by atoms with Crippen LogP contribution < -0.4 is 0 Å². The molecule has 21 heavy (non-hydrogen) atoms. The molecule has 0 aliphatic carbocycles. The first kappa shape index (κ1) is 18.9. The predicted octanol–water partition coefficient (Wildman–Crippen LogP) is 5.03. The molecule has 0 N–H and O–H groups in total. The van der Waals surface area contributed by atoms with E-state index in [1.165, 1.54) is 12.5 Å². The molecule has 0 atom stereocenters. The van der Waals surface area contributed by atoms with Crippen LogP contribution in [0, 0.1) is 6.92 Å². The lowest BCUT2D eigenvalue weighted by Crippen LogP contribution is -1.99. The average molecular weight is 286 g/mol. The van der Waals surface area contributed by atoms with Crippen LogP contribution in [0.5, 0.6) is 0 Å². The molecular formula is C19H26O2. The van der Waals surface area contributed by atoms with E-state index in [-0.39, 0.29) is 5.97 Å². The van der Waals surface area contributed by atoms with E-state index < -0.39 is 0 Å². The van der Waals surface area contributed by atoms with Gasteiger partial charge in [0.05, 0.1) is 6.61 Å². The van der Waals surface area contributed by atoms with Crippen LogP contribution in [-0.2, 0) is 9.53 Å². The molecule has 0 saturated heterocycles. The normalized spacial score (nSPS) is 8.52. The maximum atomic E-state index is 10.1. The van der Waals surface area contributed by atoms with E-state index in [1.54, 1.807) is 0 Å². The van der Waals surface area contributed by atoms with Gasteiger partial charge in [-0.15, -0.1) is 0 Å². The van der Waals surface area contributed by atoms with Crippen LogP contribution in [0.2, 0.25) is 0 Å². The summed E-state index contributed by atoms with van der Waals surface area (Å²) in [6.07, 6.45) is 2.05. The topological polar surface area (TPSA) is 26.3 Å². The molecule has 2 aromatic rings. The third-order valence-corrected chi connectivity index (χ3v) is 2.41. The number of hydrogen-bond donors (Lipinski definition) is 0. The van der Waals surface area contributed by atoms with Crippen molar-refractivity contribution < 1.29 is 9.53 Å². The Labute approximate surface area is 128 Å². The second-order valence-electron chi connectivity index (χ2n) is 4.50. The molecule has 2 heteroatoms. The summed E-state index contributed by atoms with van der Waals surface area (Å²) in [4.78, 5) is 10.1. The molecule has 0 aliphatic heterocycles. The standard InChI is InChI=1S/C7H8.C6H12O2.C6H6/c1-7-5-3-2-4-6-7;1-3-4-5-8-6(2)7;1-2-4-6-5-3-1/h2-6H,1H3;3-5H2,1-2H3;1-6H. The molecule has 0 aromatic heterocycles. The Bertz CT molecular complexity index is 411. The van der Waals surface area contributed by atoms with E-state index in [1.807, 2.05) is 54.6 Å². The number of unbranched alkanes of at least 4 members (excludes halogenated alkanes) is 1. The molecule has 114 valence electrons. The van der Waals surface area contributed by atoms with Gasteiger partial charge in [-0.3, -0.25) is 4.79 Å². The van der Waals surface area contributed by atoms with Crippen molar-refractivity contribution in [2.45, 2.75) is 33.6 Å². The van der Waals surface area contributed by atoms with Crippen molar-refractivity contribution in [3.63, 3.8) is 0 Å². The zero-order valence-corrected chi connectivity index (χ0v) is 13.3. The molecule has 2 nitrogen and oxygen atoms in total. The number of benzene rings is 2. The highest BCUT2D eigenvalue weighted by Gasteiger charge is 1.88. The Kier molecular flexibility index (Phi) is 12.9. The zero-order valence-electron chi connectivity index (χ0n) is 13.3. The molecule has 0 unspecified atom stereocenters. The number of carbonyl (C=O) groups excluding carboxylic acids is 1. The quantitative estimate of drug-likeness (QED) is 0.584. The zero-order chi connectivity index (χ0) is 15.8. The van der Waals surface area contributed by atoms with E-state index in [2.05, 4.69) is 30.7 Å². The van der Waals surface area contributed by atoms with Crippen LogP contribution in [0.25, 0.3) is 0 Å². The summed E-state index contributed by atoms with van der Waals surface area (Å²) in [5, 5.41) is 0. The van der Waals surface area contributed by atoms with Crippen molar-refractivity contribution in [2.75, 3.05) is 6.61 Å². The second-order valence-corrected chi connectivity index (χ2v) is 4.50. The van der Waals surface area contributed by atoms with Crippen LogP contribution in [-0.4, -0.2) is 12.6 Å². The lowest BCUT2D eigenvalue weighted by Gasteiger charge is -1.96. The highest BCUT2D eigenvalue weighted by molar-refractivity contribution is 5.65. The summed E-state index contributed by atoms with van der Waals surface area (Å²) in [5.74, 6) is -0.182. The number of esters is 1. The number of rotatable bonds is 3. The minimum atomic E-state index is -0.182. The predicted molar refractivity (Wildman–Crippen MR) is 89.2 cm³/mol. The summed E-state index contributed by atoms with van der Waals surface area (Å²) in [6.45, 7) is 6.14. The van der Waals surface area contributed by atoms with Gasteiger partial charge in [-0.25, -0.2) is 0 Å². The van der Waals surface area contributed by atoms with Crippen molar-refractivity contribution in [1.82, 2.24) is 0 Å². The molecule has 0 aliphatic rings. The first-order valence-electron chi connectivity index (χ1n) is 7.31. The lowest BCUT2D eigenvalue weighted by molar-refractivity contribution is -0.141. The van der Waals surface area contributed by atoms with Crippen molar-refractivity contribution in [1.29, 1.82) is 0 Å². The largest absolute Gasteiger partial charge is 0.466 e. The van der Waals surface area contributed by atoms with E-state index >= 15 is 0 Å². The van der Waals surface area contributed by atoms with Crippen molar-refractivity contribution in [3.8, 4) is 0 Å². The Morgan fingerprint density at radius 1 is 0.905 bits per heavy atom. The van der Waals surface area contributed by atoms with Gasteiger partial charge in [0.2, 0.25) is 0 Å². The Hall–Kier alpha value is -2.09. The molecule has 0 heterocycles. The SMILES string of the molecule is CCCCOC(C)=O.Cc1ccccc1.c1ccccc1. The fraction of sp³-hybridized carbons (Fsp3) is 0.316. The molecule has 0 fully saturated rings. The van der Waals surface area contributed by atoms with Gasteiger partial charge in [-0.1, -0.05) is 85.6 Å². The van der Waals surface area contributed by atoms with Gasteiger partial charge in [0.25, 0.3) is 0 Å². The van der Waals surface area contributed by atoms with Crippen LogP contribution in [0.1, 0.15) is 32.3 Å². The number of aryl methyl sites for hydroxylation is 1. The fourth-order valence-electron chi connectivity index (χ4n) is 1.28. The summed E-state index contributed by atoms with van der Waals surface area (Å²) >= 11 is 0. The first-order valence-corrected chi connectivity index (χ1v) is 7.31. The van der Waals surface area contributed by atoms with Crippen LogP contribution in [0.3, 0.4) is 0 Å². The van der Waals surface area contributed by atoms with E-state index in [9.17, 15) is 4.79 Å². The molecule has 0 saturated carbocycles. The van der Waals surface area contributed by atoms with Crippen molar-refractivity contribution in [2.24, 2.45) is 0 Å². The van der Waals surface area contributed by atoms with Gasteiger partial charge in [0, 0.05) is 6.92 Å². The smallest absolute Gasteiger partial charge is 0.302 e. The van der Waals surface area contributed by atoms with Gasteiger partial charge in [0.15, 0.2) is 0 Å². The highest BCUT2D eigenvalue weighted by atomic mass is 16.5. The van der Waals surface area contributed by atoms with Gasteiger partial charge < -0.3 is 4.74 Å². The molecule has 2 aromatic carbocycles. The Balaban J connectivity index is 0.000000288. The van der Waals surface area contributed by atoms with E-state index in [4.69, 9.17) is 0 Å².